The fourth-order valence-corrected chi connectivity index (χ4v) is 3.53. The summed E-state index contributed by atoms with van der Waals surface area (Å²) in [6, 6.07) is 15.1. The molecule has 0 aliphatic carbocycles. The summed E-state index contributed by atoms with van der Waals surface area (Å²) in [7, 11) is 3.92. The average molecular weight is 454 g/mol. The molecule has 10 heteroatoms. The molecule has 7 nitrogen and oxygen atoms in total. The summed E-state index contributed by atoms with van der Waals surface area (Å²) in [5.41, 5.74) is 2.13. The number of fused-ring (bicyclic) bond motifs is 1. The quantitative estimate of drug-likeness (QED) is 0.380. The van der Waals surface area contributed by atoms with Crippen molar-refractivity contribution in [3.8, 4) is 11.1 Å². The van der Waals surface area contributed by atoms with E-state index in [1.165, 1.54) is 12.3 Å². The van der Waals surface area contributed by atoms with Gasteiger partial charge in [0.25, 0.3) is 0 Å². The van der Waals surface area contributed by atoms with Crippen LogP contribution in [0.2, 0.25) is 0 Å². The van der Waals surface area contributed by atoms with Gasteiger partial charge >= 0.3 is 12.2 Å². The first-order chi connectivity index (χ1) is 15.7. The van der Waals surface area contributed by atoms with E-state index in [0.717, 1.165) is 12.1 Å². The molecule has 0 fully saturated rings. The molecule has 0 aliphatic rings. The van der Waals surface area contributed by atoms with Crippen molar-refractivity contribution >= 4 is 28.4 Å². The number of nitrogens with zero attached hydrogens (tertiary/aromatic N) is 3. The van der Waals surface area contributed by atoms with Crippen LogP contribution in [0, 0.1) is 0 Å². The van der Waals surface area contributed by atoms with Crippen molar-refractivity contribution in [2.45, 2.75) is 12.7 Å². The Balaban J connectivity index is 1.51. The van der Waals surface area contributed by atoms with Crippen molar-refractivity contribution in [2.24, 2.45) is 0 Å². The molecule has 0 unspecified atom stereocenters. The van der Waals surface area contributed by atoms with Crippen LogP contribution in [-0.4, -0.2) is 40.2 Å². The van der Waals surface area contributed by atoms with Gasteiger partial charge in [0.2, 0.25) is 0 Å². The Labute approximate surface area is 187 Å². The number of amides is 2. The smallest absolute Gasteiger partial charge is 0.308 e. The third-order valence-corrected chi connectivity index (χ3v) is 4.88. The van der Waals surface area contributed by atoms with Crippen LogP contribution in [0.5, 0.6) is 0 Å². The van der Waals surface area contributed by atoms with Crippen LogP contribution in [0.15, 0.2) is 60.8 Å². The molecule has 0 bridgehead atoms. The number of halogens is 3. The van der Waals surface area contributed by atoms with Gasteiger partial charge in [-0.2, -0.15) is 18.3 Å². The zero-order chi connectivity index (χ0) is 23.6. The minimum absolute atomic E-state index is 0.0158. The van der Waals surface area contributed by atoms with Gasteiger partial charge in [-0.3, -0.25) is 5.10 Å². The van der Waals surface area contributed by atoms with E-state index in [2.05, 4.69) is 20.7 Å². The van der Waals surface area contributed by atoms with Crippen LogP contribution < -0.4 is 10.6 Å². The number of carbonyl (C=O) groups excluding carboxylic acids is 1. The molecular formula is C23H21F3N6O. The predicted octanol–water partition coefficient (Wildman–Crippen LogP) is 5.35. The van der Waals surface area contributed by atoms with E-state index in [1.807, 2.05) is 42.3 Å². The lowest BCUT2D eigenvalue weighted by Gasteiger charge is -2.12. The molecule has 2 heterocycles. The van der Waals surface area contributed by atoms with Gasteiger partial charge in [0, 0.05) is 24.1 Å². The molecular weight excluding hydrogens is 433 g/mol. The van der Waals surface area contributed by atoms with Crippen molar-refractivity contribution in [3.05, 3.63) is 72.1 Å². The molecule has 0 spiro atoms. The molecule has 33 heavy (non-hydrogen) atoms. The molecule has 0 aliphatic heterocycles. The summed E-state index contributed by atoms with van der Waals surface area (Å²) in [5, 5.41) is 11.1. The number of nitrogens with one attached hydrogen (secondary N) is 3. The maximum absolute atomic E-state index is 13.4. The normalized spacial score (nSPS) is 11.7. The second kappa shape index (κ2) is 8.91. The van der Waals surface area contributed by atoms with Crippen molar-refractivity contribution in [1.29, 1.82) is 0 Å². The molecule has 0 saturated heterocycles. The lowest BCUT2D eigenvalue weighted by atomic mass is 10.0. The Kier molecular flexibility index (Phi) is 6.01. The highest BCUT2D eigenvalue weighted by Crippen LogP contribution is 2.37. The Morgan fingerprint density at radius 2 is 1.76 bits per heavy atom. The Morgan fingerprint density at radius 3 is 2.45 bits per heavy atom. The molecule has 0 atom stereocenters. The topological polar surface area (TPSA) is 85.9 Å². The molecule has 3 N–H and O–H groups in total. The monoisotopic (exact) mass is 454 g/mol. The highest BCUT2D eigenvalue weighted by molar-refractivity contribution is 6.00. The SMILES string of the molecule is CN(C)Cc1cccc(NC(=O)Nc2ccc(-c3ccnc4n[nH]c(C(F)(F)F)c34)cc2)c1. The largest absolute Gasteiger partial charge is 0.433 e. The number of H-pyrrole nitrogens is 1. The highest BCUT2D eigenvalue weighted by Gasteiger charge is 2.36. The minimum Gasteiger partial charge on any atom is -0.308 e. The van der Waals surface area contributed by atoms with E-state index in [-0.39, 0.29) is 11.0 Å². The molecule has 4 rings (SSSR count). The Morgan fingerprint density at radius 1 is 1.03 bits per heavy atom. The number of pyridine rings is 1. The van der Waals surface area contributed by atoms with E-state index in [9.17, 15) is 18.0 Å². The van der Waals surface area contributed by atoms with E-state index >= 15 is 0 Å². The summed E-state index contributed by atoms with van der Waals surface area (Å²) in [4.78, 5) is 18.3. The van der Waals surface area contributed by atoms with Crippen LogP contribution in [-0.2, 0) is 12.7 Å². The van der Waals surface area contributed by atoms with Gasteiger partial charge in [-0.05, 0) is 61.1 Å². The molecule has 4 aromatic rings. The molecule has 2 amide bonds. The van der Waals surface area contributed by atoms with Crippen molar-refractivity contribution < 1.29 is 18.0 Å². The minimum atomic E-state index is -4.59. The number of hydrogen-bond acceptors (Lipinski definition) is 4. The first-order valence-electron chi connectivity index (χ1n) is 10.0. The summed E-state index contributed by atoms with van der Waals surface area (Å²) < 4.78 is 40.1. The van der Waals surface area contributed by atoms with Gasteiger partial charge in [-0.1, -0.05) is 24.3 Å². The lowest BCUT2D eigenvalue weighted by Crippen LogP contribution is -2.19. The second-order valence-corrected chi connectivity index (χ2v) is 7.75. The maximum Gasteiger partial charge on any atom is 0.433 e. The number of anilines is 2. The highest BCUT2D eigenvalue weighted by atomic mass is 19.4. The molecule has 2 aromatic carbocycles. The van der Waals surface area contributed by atoms with Gasteiger partial charge in [-0.25, -0.2) is 9.78 Å². The van der Waals surface area contributed by atoms with Crippen LogP contribution in [0.25, 0.3) is 22.2 Å². The summed E-state index contributed by atoms with van der Waals surface area (Å²) in [6.07, 6.45) is -3.18. The number of aromatic amines is 1. The number of carbonyl (C=O) groups is 1. The second-order valence-electron chi connectivity index (χ2n) is 7.75. The van der Waals surface area contributed by atoms with Gasteiger partial charge in [0.15, 0.2) is 5.65 Å². The summed E-state index contributed by atoms with van der Waals surface area (Å²) in [5.74, 6) is 0. The van der Waals surface area contributed by atoms with Crippen molar-refractivity contribution in [2.75, 3.05) is 24.7 Å². The van der Waals surface area contributed by atoms with Gasteiger partial charge < -0.3 is 15.5 Å². The van der Waals surface area contributed by atoms with Gasteiger partial charge in [0.05, 0.1) is 5.39 Å². The number of urea groups is 1. The van der Waals surface area contributed by atoms with Gasteiger partial charge in [-0.15, -0.1) is 0 Å². The third kappa shape index (κ3) is 5.12. The Hall–Kier alpha value is -3.92. The fraction of sp³-hybridized carbons (Fsp3) is 0.174. The summed E-state index contributed by atoms with van der Waals surface area (Å²) in [6.45, 7) is 0.744. The first kappa shape index (κ1) is 22.3. The first-order valence-corrected chi connectivity index (χ1v) is 10.0. The molecule has 170 valence electrons. The number of aromatic nitrogens is 3. The standard InChI is InChI=1S/C23H21F3N6O/c1-32(2)13-14-4-3-5-17(12-14)29-22(33)28-16-8-6-15(7-9-16)18-10-11-27-21-19(18)20(30-31-21)23(24,25)26/h3-12H,13H2,1-2H3,(H,27,30,31)(H2,28,29,33). The van der Waals surface area contributed by atoms with Crippen LogP contribution in [0.3, 0.4) is 0 Å². The molecule has 2 aromatic heterocycles. The number of benzene rings is 2. The number of alkyl halides is 3. The molecule has 0 saturated carbocycles. The van der Waals surface area contributed by atoms with E-state index in [1.54, 1.807) is 30.3 Å². The van der Waals surface area contributed by atoms with E-state index in [4.69, 9.17) is 0 Å². The van der Waals surface area contributed by atoms with E-state index in [0.29, 0.717) is 22.5 Å². The van der Waals surface area contributed by atoms with Crippen LogP contribution in [0.1, 0.15) is 11.3 Å². The van der Waals surface area contributed by atoms with E-state index < -0.39 is 17.9 Å². The summed E-state index contributed by atoms with van der Waals surface area (Å²) >= 11 is 0. The van der Waals surface area contributed by atoms with Crippen LogP contribution in [0.4, 0.5) is 29.3 Å². The predicted molar refractivity (Wildman–Crippen MR) is 121 cm³/mol. The molecule has 0 radical (unpaired) electrons. The van der Waals surface area contributed by atoms with Gasteiger partial charge in [0.1, 0.15) is 5.69 Å². The average Bonchev–Trinajstić information content (AvgIpc) is 3.19. The zero-order valence-electron chi connectivity index (χ0n) is 17.9. The Bertz CT molecular complexity index is 1280. The third-order valence-electron chi connectivity index (χ3n) is 4.88. The van der Waals surface area contributed by atoms with Crippen molar-refractivity contribution in [1.82, 2.24) is 20.1 Å². The van der Waals surface area contributed by atoms with Crippen LogP contribution >= 0.6 is 0 Å². The lowest BCUT2D eigenvalue weighted by molar-refractivity contribution is -0.139. The maximum atomic E-state index is 13.4. The fourth-order valence-electron chi connectivity index (χ4n) is 3.53. The zero-order valence-corrected chi connectivity index (χ0v) is 17.9. The number of hydrogen-bond donors (Lipinski definition) is 3. The number of rotatable bonds is 5. The van der Waals surface area contributed by atoms with Crippen molar-refractivity contribution in [3.63, 3.8) is 0 Å².